The van der Waals surface area contributed by atoms with Crippen LogP contribution in [-0.2, 0) is 14.6 Å². The quantitative estimate of drug-likeness (QED) is 0.750. The molecule has 5 heteroatoms. The van der Waals surface area contributed by atoms with Gasteiger partial charge in [-0.2, -0.15) is 0 Å². The van der Waals surface area contributed by atoms with Crippen molar-refractivity contribution in [1.29, 1.82) is 0 Å². The molecule has 1 amide bonds. The summed E-state index contributed by atoms with van der Waals surface area (Å²) >= 11 is 0. The lowest BCUT2D eigenvalue weighted by atomic mass is 10.3. The van der Waals surface area contributed by atoms with E-state index < -0.39 is 21.5 Å². The number of amides is 1. The highest BCUT2D eigenvalue weighted by molar-refractivity contribution is 7.92. The summed E-state index contributed by atoms with van der Waals surface area (Å²) in [5.41, 5.74) is 0.719. The second-order valence-electron chi connectivity index (χ2n) is 4.10. The van der Waals surface area contributed by atoms with Crippen molar-refractivity contribution in [2.75, 3.05) is 23.0 Å². The summed E-state index contributed by atoms with van der Waals surface area (Å²) in [4.78, 5) is 13.6. The number of nitrogens with zero attached hydrogens (tertiary/aromatic N) is 1. The van der Waals surface area contributed by atoms with Crippen LogP contribution in [-0.4, -0.2) is 32.4 Å². The lowest BCUT2D eigenvalue weighted by Crippen LogP contribution is -2.36. The predicted molar refractivity (Wildman–Crippen MR) is 77.9 cm³/mol. The molecule has 0 aliphatic heterocycles. The molecule has 104 valence electrons. The summed E-state index contributed by atoms with van der Waals surface area (Å²) < 4.78 is 23.5. The highest BCUT2D eigenvalue weighted by Crippen LogP contribution is 2.13. The molecule has 1 aromatic rings. The SMILES string of the molecule is C/C=C/CS(=O)(=O)CC(=O)N(CC)c1ccccc1. The highest BCUT2D eigenvalue weighted by atomic mass is 32.2. The van der Waals surface area contributed by atoms with E-state index in [1.165, 1.54) is 4.90 Å². The molecule has 4 nitrogen and oxygen atoms in total. The number of carbonyl (C=O) groups excluding carboxylic acids is 1. The lowest BCUT2D eigenvalue weighted by Gasteiger charge is -2.20. The van der Waals surface area contributed by atoms with Gasteiger partial charge >= 0.3 is 0 Å². The van der Waals surface area contributed by atoms with Crippen LogP contribution in [0.5, 0.6) is 0 Å². The number of rotatable bonds is 6. The molecule has 0 saturated heterocycles. The summed E-state index contributed by atoms with van der Waals surface area (Å²) in [5.74, 6) is -0.944. The summed E-state index contributed by atoms with van der Waals surface area (Å²) in [6.07, 6.45) is 3.21. The molecule has 0 aromatic heterocycles. The molecular weight excluding hydrogens is 262 g/mol. The van der Waals surface area contributed by atoms with Gasteiger partial charge in [-0.05, 0) is 26.0 Å². The Morgan fingerprint density at radius 3 is 2.42 bits per heavy atom. The van der Waals surface area contributed by atoms with Crippen molar-refractivity contribution in [3.8, 4) is 0 Å². The predicted octanol–water partition coefficient (Wildman–Crippen LogP) is 2.03. The average molecular weight is 281 g/mol. The van der Waals surface area contributed by atoms with Crippen LogP contribution in [0.2, 0.25) is 0 Å². The summed E-state index contributed by atoms with van der Waals surface area (Å²) in [6, 6.07) is 9.07. The minimum absolute atomic E-state index is 0.0957. The Balaban J connectivity index is 2.81. The smallest absolute Gasteiger partial charge is 0.242 e. The third-order valence-corrected chi connectivity index (χ3v) is 4.00. The van der Waals surface area contributed by atoms with E-state index >= 15 is 0 Å². The van der Waals surface area contributed by atoms with Gasteiger partial charge in [-0.15, -0.1) is 0 Å². The molecule has 0 aliphatic rings. The van der Waals surface area contributed by atoms with Crippen LogP contribution in [0, 0.1) is 0 Å². The molecule has 0 saturated carbocycles. The zero-order valence-electron chi connectivity index (χ0n) is 11.2. The monoisotopic (exact) mass is 281 g/mol. The second kappa shape index (κ2) is 7.09. The molecule has 0 fully saturated rings. The maximum Gasteiger partial charge on any atom is 0.242 e. The number of hydrogen-bond acceptors (Lipinski definition) is 3. The number of anilines is 1. The number of hydrogen-bond donors (Lipinski definition) is 0. The van der Waals surface area contributed by atoms with Crippen molar-refractivity contribution >= 4 is 21.4 Å². The Kier molecular flexibility index (Phi) is 5.76. The van der Waals surface area contributed by atoms with Crippen molar-refractivity contribution in [3.63, 3.8) is 0 Å². The molecule has 19 heavy (non-hydrogen) atoms. The van der Waals surface area contributed by atoms with E-state index in [1.807, 2.05) is 25.1 Å². The van der Waals surface area contributed by atoms with Gasteiger partial charge in [0, 0.05) is 12.2 Å². The largest absolute Gasteiger partial charge is 0.312 e. The number of allylic oxidation sites excluding steroid dienone is 1. The van der Waals surface area contributed by atoms with Crippen molar-refractivity contribution in [2.24, 2.45) is 0 Å². The van der Waals surface area contributed by atoms with Crippen molar-refractivity contribution in [2.45, 2.75) is 13.8 Å². The van der Waals surface area contributed by atoms with E-state index in [9.17, 15) is 13.2 Å². The first-order valence-corrected chi connectivity index (χ1v) is 7.99. The molecule has 0 heterocycles. The highest BCUT2D eigenvalue weighted by Gasteiger charge is 2.20. The van der Waals surface area contributed by atoms with Crippen LogP contribution >= 0.6 is 0 Å². The Morgan fingerprint density at radius 2 is 1.89 bits per heavy atom. The van der Waals surface area contributed by atoms with Gasteiger partial charge in [-0.1, -0.05) is 30.4 Å². The first kappa shape index (κ1) is 15.4. The van der Waals surface area contributed by atoms with Crippen molar-refractivity contribution < 1.29 is 13.2 Å². The average Bonchev–Trinajstić information content (AvgIpc) is 2.38. The van der Waals surface area contributed by atoms with Crippen LogP contribution in [0.3, 0.4) is 0 Å². The maximum absolute atomic E-state index is 12.1. The third-order valence-electron chi connectivity index (χ3n) is 2.61. The van der Waals surface area contributed by atoms with Gasteiger partial charge in [-0.3, -0.25) is 4.79 Å². The third kappa shape index (κ3) is 4.87. The van der Waals surface area contributed by atoms with E-state index in [0.717, 1.165) is 5.69 Å². The normalized spacial score (nSPS) is 11.7. The Bertz CT molecular complexity index is 535. The van der Waals surface area contributed by atoms with Crippen molar-refractivity contribution in [1.82, 2.24) is 0 Å². The van der Waals surface area contributed by atoms with Crippen molar-refractivity contribution in [3.05, 3.63) is 42.5 Å². The van der Waals surface area contributed by atoms with Crippen LogP contribution in [0.15, 0.2) is 42.5 Å². The first-order chi connectivity index (χ1) is 9.00. The lowest BCUT2D eigenvalue weighted by molar-refractivity contribution is -0.116. The molecule has 0 unspecified atom stereocenters. The number of sulfone groups is 1. The molecule has 0 bridgehead atoms. The fourth-order valence-electron chi connectivity index (χ4n) is 1.68. The summed E-state index contributed by atoms with van der Waals surface area (Å²) in [6.45, 7) is 4.02. The topological polar surface area (TPSA) is 54.5 Å². The number of para-hydroxylation sites is 1. The fraction of sp³-hybridized carbons (Fsp3) is 0.357. The van der Waals surface area contributed by atoms with Gasteiger partial charge in [0.15, 0.2) is 9.84 Å². The van der Waals surface area contributed by atoms with Crippen LogP contribution < -0.4 is 4.90 Å². The number of benzene rings is 1. The molecule has 1 aromatic carbocycles. The maximum atomic E-state index is 12.1. The Morgan fingerprint density at radius 1 is 1.26 bits per heavy atom. The van der Waals surface area contributed by atoms with E-state index in [1.54, 1.807) is 31.2 Å². The standard InChI is InChI=1S/C14H19NO3S/c1-3-5-11-19(17,18)12-14(16)15(4-2)13-9-7-6-8-10-13/h3,5-10H,4,11-12H2,1-2H3/b5-3+. The Hall–Kier alpha value is -1.62. The second-order valence-corrected chi connectivity index (χ2v) is 6.21. The molecule has 1 rings (SSSR count). The molecule has 0 atom stereocenters. The van der Waals surface area contributed by atoms with Gasteiger partial charge in [-0.25, -0.2) is 8.42 Å². The van der Waals surface area contributed by atoms with Gasteiger partial charge in [0.25, 0.3) is 0 Å². The molecular formula is C14H19NO3S. The molecule has 0 radical (unpaired) electrons. The minimum atomic E-state index is -3.38. The zero-order valence-corrected chi connectivity index (χ0v) is 12.1. The van der Waals surface area contributed by atoms with E-state index in [2.05, 4.69) is 0 Å². The minimum Gasteiger partial charge on any atom is -0.312 e. The summed E-state index contributed by atoms with van der Waals surface area (Å²) in [5, 5.41) is 0. The number of carbonyl (C=O) groups is 1. The van der Waals surface area contributed by atoms with Gasteiger partial charge < -0.3 is 4.90 Å². The van der Waals surface area contributed by atoms with Gasteiger partial charge in [0.05, 0.1) is 5.75 Å². The van der Waals surface area contributed by atoms with Crippen LogP contribution in [0.1, 0.15) is 13.8 Å². The van der Waals surface area contributed by atoms with Gasteiger partial charge in [0.2, 0.25) is 5.91 Å². The zero-order chi connectivity index (χ0) is 14.3. The molecule has 0 spiro atoms. The van der Waals surface area contributed by atoms with E-state index in [4.69, 9.17) is 0 Å². The molecule has 0 N–H and O–H groups in total. The summed E-state index contributed by atoms with van der Waals surface area (Å²) in [7, 11) is -3.38. The van der Waals surface area contributed by atoms with E-state index in [0.29, 0.717) is 6.54 Å². The van der Waals surface area contributed by atoms with Crippen LogP contribution in [0.4, 0.5) is 5.69 Å². The van der Waals surface area contributed by atoms with Crippen LogP contribution in [0.25, 0.3) is 0 Å². The first-order valence-electron chi connectivity index (χ1n) is 6.17. The van der Waals surface area contributed by atoms with Gasteiger partial charge in [0.1, 0.15) is 5.75 Å². The Labute approximate surface area is 114 Å². The van der Waals surface area contributed by atoms with E-state index in [-0.39, 0.29) is 5.75 Å². The molecule has 0 aliphatic carbocycles. The fourth-order valence-corrected chi connectivity index (χ4v) is 2.81.